The molecule has 1 fully saturated rings. The number of hydrogen-bond acceptors (Lipinski definition) is 10. The van der Waals surface area contributed by atoms with Crippen LogP contribution in [0.3, 0.4) is 0 Å². The van der Waals surface area contributed by atoms with Gasteiger partial charge in [0.25, 0.3) is 0 Å². The van der Waals surface area contributed by atoms with Crippen LogP contribution < -0.4 is 5.43 Å². The molecule has 0 aromatic heterocycles. The summed E-state index contributed by atoms with van der Waals surface area (Å²) in [6, 6.07) is 2.93. The number of phenols is 1. The fraction of sp³-hybridized carbons (Fsp3) is 0.304. The first kappa shape index (κ1) is 25.6. The first-order chi connectivity index (χ1) is 16.2. The highest BCUT2D eigenvalue weighted by Crippen LogP contribution is 2.35. The number of aliphatic hydroxyl groups excluding tert-OH is 2. The predicted molar refractivity (Wildman–Crippen MR) is 118 cm³/mol. The summed E-state index contributed by atoms with van der Waals surface area (Å²) in [6.07, 6.45) is -4.39. The zero-order valence-corrected chi connectivity index (χ0v) is 18.2. The highest BCUT2D eigenvalue weighted by molar-refractivity contribution is 6.02. The average molecular weight is 490 g/mol. The van der Waals surface area contributed by atoms with Crippen LogP contribution in [0.1, 0.15) is 34.3 Å². The molecule has 7 N–H and O–H groups in total. The topological polar surface area (TPSA) is 219 Å². The normalized spacial score (nSPS) is 24.4. The number of carbonyl (C=O) groups excluding carboxylic acids is 1. The number of carboxylic acid groups (broad SMARTS) is 2. The number of aryl methyl sites for hydroxylation is 1. The number of carboxylic acids is 2. The van der Waals surface area contributed by atoms with Crippen molar-refractivity contribution in [3.8, 4) is 11.5 Å². The quantitative estimate of drug-likeness (QED) is 0.215. The van der Waals surface area contributed by atoms with E-state index in [2.05, 4.69) is 0 Å². The van der Waals surface area contributed by atoms with Crippen molar-refractivity contribution in [2.24, 2.45) is 0 Å². The second-order valence-electron chi connectivity index (χ2n) is 8.27. The van der Waals surface area contributed by atoms with Gasteiger partial charge in [-0.25, -0.2) is 14.4 Å². The molecule has 186 valence electrons. The van der Waals surface area contributed by atoms with Crippen LogP contribution in [0.2, 0.25) is 0 Å². The van der Waals surface area contributed by atoms with Gasteiger partial charge in [0.1, 0.15) is 18.0 Å². The number of hydrogen-bond donors (Lipinski definition) is 7. The number of benzene rings is 1. The Morgan fingerprint density at radius 1 is 1.09 bits per heavy atom. The molecule has 0 saturated heterocycles. The highest BCUT2D eigenvalue weighted by atomic mass is 16.6. The molecule has 0 amide bonds. The molecule has 0 radical (unpaired) electrons. The lowest BCUT2D eigenvalue weighted by Crippen LogP contribution is -2.57. The van der Waals surface area contributed by atoms with Crippen molar-refractivity contribution in [3.63, 3.8) is 0 Å². The van der Waals surface area contributed by atoms with Gasteiger partial charge >= 0.3 is 17.9 Å². The van der Waals surface area contributed by atoms with E-state index in [1.807, 2.05) is 0 Å². The lowest BCUT2D eigenvalue weighted by atomic mass is 9.79. The van der Waals surface area contributed by atoms with Crippen molar-refractivity contribution in [1.82, 2.24) is 0 Å². The molecule has 0 heterocycles. The molecule has 1 aliphatic rings. The molecule has 0 bridgehead atoms. The molecular weight excluding hydrogens is 468 g/mol. The van der Waals surface area contributed by atoms with Crippen LogP contribution in [0.4, 0.5) is 0 Å². The number of aliphatic hydroxyl groups is 3. The van der Waals surface area contributed by atoms with Crippen LogP contribution in [0.15, 0.2) is 29.1 Å². The van der Waals surface area contributed by atoms with Gasteiger partial charge in [-0.1, -0.05) is 0 Å². The molecule has 0 spiro atoms. The minimum atomic E-state index is -2.43. The van der Waals surface area contributed by atoms with Gasteiger partial charge in [0.05, 0.1) is 11.7 Å². The van der Waals surface area contributed by atoms with Crippen molar-refractivity contribution >= 4 is 34.8 Å². The summed E-state index contributed by atoms with van der Waals surface area (Å²) in [5.41, 5.74) is -3.80. The Bertz CT molecular complexity index is 1310. The van der Waals surface area contributed by atoms with Crippen molar-refractivity contribution in [3.05, 3.63) is 51.2 Å². The van der Waals surface area contributed by atoms with E-state index in [1.165, 1.54) is 6.92 Å². The van der Waals surface area contributed by atoms with Crippen molar-refractivity contribution < 1.29 is 54.9 Å². The Hall–Kier alpha value is -4.00. The molecule has 4 atom stereocenters. The number of fused-ring (bicyclic) bond motifs is 1. The molecule has 2 aromatic carbocycles. The lowest BCUT2D eigenvalue weighted by Gasteiger charge is -2.39. The van der Waals surface area contributed by atoms with E-state index in [-0.39, 0.29) is 27.6 Å². The number of carbonyl (C=O) groups is 3. The second kappa shape index (κ2) is 9.33. The Morgan fingerprint density at radius 2 is 1.74 bits per heavy atom. The Kier molecular flexibility index (Phi) is 6.83. The van der Waals surface area contributed by atoms with Gasteiger partial charge in [0, 0.05) is 35.9 Å². The smallest absolute Gasteiger partial charge is 0.335 e. The summed E-state index contributed by atoms with van der Waals surface area (Å²) in [6.45, 7) is 1.39. The Labute approximate surface area is 196 Å². The molecule has 12 heteroatoms. The standard InChI is InChI=1S/C23H22O12/c1-9-13(24)5-10(12-4-11(21(30)31)6-14(25)20(29)18(9)12)2-3-17(27)35-16-8-23(34,22(32)33)7-15(26)19(16)28/h2-6,15-16,19,24,26,28,34H,7-8H2,1H3,(H,25,29)(H,30,31)(H,32,33)/b3-2+. The zero-order valence-electron chi connectivity index (χ0n) is 18.2. The van der Waals surface area contributed by atoms with Gasteiger partial charge in [0.15, 0.2) is 11.4 Å². The maximum atomic E-state index is 12.4. The third-order valence-electron chi connectivity index (χ3n) is 5.86. The summed E-state index contributed by atoms with van der Waals surface area (Å²) in [7, 11) is 0. The van der Waals surface area contributed by atoms with Crippen LogP contribution in [-0.2, 0) is 14.3 Å². The third-order valence-corrected chi connectivity index (χ3v) is 5.86. The minimum Gasteiger partial charge on any atom is -0.508 e. The maximum absolute atomic E-state index is 12.4. The number of rotatable bonds is 5. The van der Waals surface area contributed by atoms with E-state index in [0.29, 0.717) is 6.07 Å². The van der Waals surface area contributed by atoms with E-state index >= 15 is 0 Å². The molecule has 12 nitrogen and oxygen atoms in total. The first-order valence-corrected chi connectivity index (χ1v) is 10.2. The van der Waals surface area contributed by atoms with Crippen molar-refractivity contribution in [1.29, 1.82) is 0 Å². The number of aromatic carboxylic acids is 1. The van der Waals surface area contributed by atoms with Crippen LogP contribution in [0.25, 0.3) is 16.8 Å². The molecule has 1 saturated carbocycles. The van der Waals surface area contributed by atoms with Crippen LogP contribution in [0.5, 0.6) is 11.5 Å². The summed E-state index contributed by atoms with van der Waals surface area (Å²) in [5.74, 6) is -5.45. The second-order valence-corrected chi connectivity index (χ2v) is 8.27. The molecule has 3 rings (SSSR count). The fourth-order valence-electron chi connectivity index (χ4n) is 3.94. The number of aliphatic carboxylic acids is 1. The van der Waals surface area contributed by atoms with E-state index < -0.39 is 71.4 Å². The molecule has 35 heavy (non-hydrogen) atoms. The number of esters is 1. The Balaban J connectivity index is 2.01. The summed E-state index contributed by atoms with van der Waals surface area (Å²) < 4.78 is 5.02. The number of phenolic OH excluding ortho intramolecular Hbond substituents is 1. The highest BCUT2D eigenvalue weighted by Gasteiger charge is 2.50. The number of aromatic hydroxyl groups is 2. The minimum absolute atomic E-state index is 0.00901. The first-order valence-electron chi connectivity index (χ1n) is 10.2. The maximum Gasteiger partial charge on any atom is 0.335 e. The van der Waals surface area contributed by atoms with Gasteiger partial charge < -0.3 is 40.5 Å². The van der Waals surface area contributed by atoms with Crippen LogP contribution >= 0.6 is 0 Å². The summed E-state index contributed by atoms with van der Waals surface area (Å²) in [4.78, 5) is 47.3. The van der Waals surface area contributed by atoms with E-state index in [9.17, 15) is 54.9 Å². The van der Waals surface area contributed by atoms with E-state index in [4.69, 9.17) is 4.74 Å². The van der Waals surface area contributed by atoms with Gasteiger partial charge in [-0.3, -0.25) is 4.79 Å². The van der Waals surface area contributed by atoms with E-state index in [0.717, 1.165) is 24.3 Å². The fourth-order valence-corrected chi connectivity index (χ4v) is 3.94. The molecule has 1 aliphatic carbocycles. The van der Waals surface area contributed by atoms with Crippen molar-refractivity contribution in [2.45, 2.75) is 43.7 Å². The summed E-state index contributed by atoms with van der Waals surface area (Å²) in [5, 5.41) is 69.0. The molecular formula is C23H22O12. The van der Waals surface area contributed by atoms with Gasteiger partial charge in [-0.2, -0.15) is 0 Å². The van der Waals surface area contributed by atoms with E-state index in [1.54, 1.807) is 0 Å². The monoisotopic (exact) mass is 490 g/mol. The zero-order chi connectivity index (χ0) is 26.2. The van der Waals surface area contributed by atoms with Crippen molar-refractivity contribution in [2.75, 3.05) is 0 Å². The van der Waals surface area contributed by atoms with Gasteiger partial charge in [-0.15, -0.1) is 0 Å². The lowest BCUT2D eigenvalue weighted by molar-refractivity contribution is -0.196. The van der Waals surface area contributed by atoms with Gasteiger partial charge in [-0.05, 0) is 36.1 Å². The average Bonchev–Trinajstić information content (AvgIpc) is 2.90. The molecule has 4 unspecified atom stereocenters. The predicted octanol–water partition coefficient (Wildman–Crippen LogP) is -0.126. The van der Waals surface area contributed by atoms with Gasteiger partial charge in [0.2, 0.25) is 5.43 Å². The molecule has 0 aliphatic heterocycles. The van der Waals surface area contributed by atoms with Crippen LogP contribution in [0, 0.1) is 6.92 Å². The third kappa shape index (κ3) is 4.94. The number of ether oxygens (including phenoxy) is 1. The SMILES string of the molecule is Cc1c(O)cc(/C=C/C(=O)OC2CC(O)(C(=O)O)CC(O)C2O)c2cc(C(=O)O)cc(=O)c(O)c12. The summed E-state index contributed by atoms with van der Waals surface area (Å²) >= 11 is 0. The Morgan fingerprint density at radius 3 is 2.34 bits per heavy atom. The van der Waals surface area contributed by atoms with Crippen LogP contribution in [-0.4, -0.2) is 77.6 Å². The molecule has 2 aromatic rings. The largest absolute Gasteiger partial charge is 0.508 e.